The zero-order valence-electron chi connectivity index (χ0n) is 14.0. The normalized spacial score (nSPS) is 13.8. The molecule has 0 aliphatic carbocycles. The summed E-state index contributed by atoms with van der Waals surface area (Å²) in [6.45, 7) is 2.75. The smallest absolute Gasteiger partial charge is 0.326 e. The van der Waals surface area contributed by atoms with Crippen LogP contribution < -0.4 is 10.6 Å². The van der Waals surface area contributed by atoms with E-state index in [1.807, 2.05) is 6.07 Å². The van der Waals surface area contributed by atoms with E-state index in [-0.39, 0.29) is 12.8 Å². The van der Waals surface area contributed by atoms with E-state index in [1.165, 1.54) is 32.0 Å². The van der Waals surface area contributed by atoms with Crippen LogP contribution in [0, 0.1) is 23.1 Å². The number of carbonyl (C=O) groups is 3. The Labute approximate surface area is 144 Å². The predicted molar refractivity (Wildman–Crippen MR) is 86.7 cm³/mol. The number of nitrogens with one attached hydrogen (secondary N) is 2. The molecule has 3 atom stereocenters. The SMILES string of the molecule is CC(=O)N[C@@H](Cc1cccc(F)c1)C(=O)N[C@@H](C(=O)O)[C@H](C)CC#N. The number of hydrogen-bond donors (Lipinski definition) is 3. The van der Waals surface area contributed by atoms with Crippen LogP contribution in [0.5, 0.6) is 0 Å². The van der Waals surface area contributed by atoms with Crippen molar-refractivity contribution in [2.45, 2.75) is 38.8 Å². The van der Waals surface area contributed by atoms with Crippen molar-refractivity contribution in [1.29, 1.82) is 5.26 Å². The minimum atomic E-state index is -1.27. The number of nitriles is 1. The van der Waals surface area contributed by atoms with Crippen molar-refractivity contribution < 1.29 is 23.9 Å². The highest BCUT2D eigenvalue weighted by Gasteiger charge is 2.30. The fraction of sp³-hybridized carbons (Fsp3) is 0.412. The molecule has 0 bridgehead atoms. The third kappa shape index (κ3) is 6.59. The summed E-state index contributed by atoms with van der Waals surface area (Å²) in [4.78, 5) is 35.1. The van der Waals surface area contributed by atoms with Crippen LogP contribution in [0.2, 0.25) is 0 Å². The molecule has 0 radical (unpaired) electrons. The molecule has 1 aromatic carbocycles. The van der Waals surface area contributed by atoms with Gasteiger partial charge in [-0.1, -0.05) is 19.1 Å². The number of rotatable bonds is 8. The van der Waals surface area contributed by atoms with E-state index >= 15 is 0 Å². The van der Waals surface area contributed by atoms with Crippen LogP contribution in [-0.4, -0.2) is 35.0 Å². The van der Waals surface area contributed by atoms with E-state index in [9.17, 15) is 23.9 Å². The van der Waals surface area contributed by atoms with Gasteiger partial charge in [-0.05, 0) is 17.7 Å². The molecule has 0 aliphatic heterocycles. The maximum atomic E-state index is 13.3. The van der Waals surface area contributed by atoms with Crippen molar-refractivity contribution in [2.24, 2.45) is 5.92 Å². The van der Waals surface area contributed by atoms with Crippen LogP contribution in [0.1, 0.15) is 25.8 Å². The average molecular weight is 349 g/mol. The number of nitrogens with zero attached hydrogens (tertiary/aromatic N) is 1. The van der Waals surface area contributed by atoms with Crippen LogP contribution in [0.25, 0.3) is 0 Å². The lowest BCUT2D eigenvalue weighted by atomic mass is 9.98. The molecule has 0 aliphatic rings. The zero-order chi connectivity index (χ0) is 19.0. The van der Waals surface area contributed by atoms with Gasteiger partial charge in [0.05, 0.1) is 6.07 Å². The van der Waals surface area contributed by atoms with Crippen LogP contribution in [-0.2, 0) is 20.8 Å². The van der Waals surface area contributed by atoms with Crippen molar-refractivity contribution in [1.82, 2.24) is 10.6 Å². The number of carboxylic acid groups (broad SMARTS) is 1. The van der Waals surface area contributed by atoms with E-state index in [4.69, 9.17) is 5.26 Å². The maximum absolute atomic E-state index is 13.3. The fourth-order valence-corrected chi connectivity index (χ4v) is 2.32. The quantitative estimate of drug-likeness (QED) is 0.647. The first-order chi connectivity index (χ1) is 11.7. The Morgan fingerprint density at radius 2 is 2.00 bits per heavy atom. The molecule has 0 unspecified atom stereocenters. The second-order valence-electron chi connectivity index (χ2n) is 5.75. The maximum Gasteiger partial charge on any atom is 0.326 e. The molecule has 1 aromatic rings. The van der Waals surface area contributed by atoms with Crippen molar-refractivity contribution >= 4 is 17.8 Å². The lowest BCUT2D eigenvalue weighted by Crippen LogP contribution is -2.53. The summed E-state index contributed by atoms with van der Waals surface area (Å²) in [5.74, 6) is -3.56. The molecular formula is C17H20FN3O4. The van der Waals surface area contributed by atoms with Crippen LogP contribution >= 0.6 is 0 Å². The van der Waals surface area contributed by atoms with Gasteiger partial charge in [-0.15, -0.1) is 0 Å². The number of carboxylic acids is 1. The molecule has 25 heavy (non-hydrogen) atoms. The fourth-order valence-electron chi connectivity index (χ4n) is 2.32. The Balaban J connectivity index is 2.93. The number of hydrogen-bond acceptors (Lipinski definition) is 4. The lowest BCUT2D eigenvalue weighted by molar-refractivity contribution is -0.143. The van der Waals surface area contributed by atoms with Gasteiger partial charge in [-0.3, -0.25) is 9.59 Å². The van der Waals surface area contributed by atoms with Gasteiger partial charge in [0.25, 0.3) is 0 Å². The highest BCUT2D eigenvalue weighted by molar-refractivity contribution is 5.90. The van der Waals surface area contributed by atoms with Gasteiger partial charge in [0, 0.05) is 25.7 Å². The Morgan fingerprint density at radius 1 is 1.32 bits per heavy atom. The minimum Gasteiger partial charge on any atom is -0.480 e. The summed E-state index contributed by atoms with van der Waals surface area (Å²) < 4.78 is 13.3. The summed E-state index contributed by atoms with van der Waals surface area (Å²) in [6, 6.07) is 5.08. The first kappa shape index (κ1) is 20.1. The number of amides is 2. The van der Waals surface area contributed by atoms with E-state index in [1.54, 1.807) is 6.07 Å². The first-order valence-electron chi connectivity index (χ1n) is 7.66. The molecule has 0 heterocycles. The molecule has 0 saturated heterocycles. The van der Waals surface area contributed by atoms with Gasteiger partial charge in [0.1, 0.15) is 17.9 Å². The van der Waals surface area contributed by atoms with Gasteiger partial charge in [0.15, 0.2) is 0 Å². The molecule has 0 spiro atoms. The highest BCUT2D eigenvalue weighted by atomic mass is 19.1. The molecule has 134 valence electrons. The van der Waals surface area contributed by atoms with Gasteiger partial charge in [-0.2, -0.15) is 5.26 Å². The summed E-state index contributed by atoms with van der Waals surface area (Å²) >= 11 is 0. The number of aliphatic carboxylic acids is 1. The molecule has 8 heteroatoms. The van der Waals surface area contributed by atoms with Gasteiger partial charge >= 0.3 is 5.97 Å². The summed E-state index contributed by atoms with van der Waals surface area (Å²) in [6.07, 6.45) is -0.0475. The largest absolute Gasteiger partial charge is 0.480 e. The zero-order valence-corrected chi connectivity index (χ0v) is 14.0. The molecule has 3 N–H and O–H groups in total. The molecule has 7 nitrogen and oxygen atoms in total. The summed E-state index contributed by atoms with van der Waals surface area (Å²) in [5, 5.41) is 22.7. The van der Waals surface area contributed by atoms with Gasteiger partial charge < -0.3 is 15.7 Å². The number of carbonyl (C=O) groups excluding carboxylic acids is 2. The van der Waals surface area contributed by atoms with Crippen LogP contribution in [0.3, 0.4) is 0 Å². The predicted octanol–water partition coefficient (Wildman–Crippen LogP) is 0.992. The average Bonchev–Trinajstić information content (AvgIpc) is 2.51. The standard InChI is InChI=1S/C17H20FN3O4/c1-10(6-7-19)15(17(24)25)21-16(23)14(20-11(2)22)9-12-4-3-5-13(18)8-12/h3-5,8,10,14-15H,6,9H2,1-2H3,(H,20,22)(H,21,23)(H,24,25)/t10-,14+,15-/m1/s1. The molecule has 0 fully saturated rings. The van der Waals surface area contributed by atoms with Crippen molar-refractivity contribution in [3.63, 3.8) is 0 Å². The minimum absolute atomic E-state index is 0.00213. The molecule has 0 aromatic heterocycles. The van der Waals surface area contributed by atoms with Crippen molar-refractivity contribution in [3.05, 3.63) is 35.6 Å². The molecule has 0 saturated carbocycles. The first-order valence-corrected chi connectivity index (χ1v) is 7.66. The second-order valence-corrected chi connectivity index (χ2v) is 5.75. The summed E-state index contributed by atoms with van der Waals surface area (Å²) in [5.41, 5.74) is 0.478. The van der Waals surface area contributed by atoms with Crippen molar-refractivity contribution in [2.75, 3.05) is 0 Å². The number of halogens is 1. The van der Waals surface area contributed by atoms with Crippen LogP contribution in [0.15, 0.2) is 24.3 Å². The summed E-state index contributed by atoms with van der Waals surface area (Å²) in [7, 11) is 0. The van der Waals surface area contributed by atoms with E-state index in [2.05, 4.69) is 10.6 Å². The molecular weight excluding hydrogens is 329 g/mol. The topological polar surface area (TPSA) is 119 Å². The van der Waals surface area contributed by atoms with Crippen LogP contribution in [0.4, 0.5) is 4.39 Å². The van der Waals surface area contributed by atoms with E-state index < -0.39 is 41.6 Å². The Kier molecular flexibility index (Phi) is 7.53. The Bertz CT molecular complexity index is 687. The van der Waals surface area contributed by atoms with E-state index in [0.29, 0.717) is 5.56 Å². The van der Waals surface area contributed by atoms with Gasteiger partial charge in [0.2, 0.25) is 11.8 Å². The monoisotopic (exact) mass is 349 g/mol. The van der Waals surface area contributed by atoms with E-state index in [0.717, 1.165) is 0 Å². The highest BCUT2D eigenvalue weighted by Crippen LogP contribution is 2.10. The Morgan fingerprint density at radius 3 is 2.52 bits per heavy atom. The van der Waals surface area contributed by atoms with Gasteiger partial charge in [-0.25, -0.2) is 9.18 Å². The van der Waals surface area contributed by atoms with Crippen molar-refractivity contribution in [3.8, 4) is 6.07 Å². The molecule has 1 rings (SSSR count). The Hall–Kier alpha value is -2.95. The lowest BCUT2D eigenvalue weighted by Gasteiger charge is -2.23. The second kappa shape index (κ2) is 9.37. The third-order valence-corrected chi connectivity index (χ3v) is 3.57. The number of benzene rings is 1. The third-order valence-electron chi connectivity index (χ3n) is 3.57. The molecule has 2 amide bonds.